The Labute approximate surface area is 105 Å². The number of carbonyl (C=O) groups is 2. The van der Waals surface area contributed by atoms with Crippen LogP contribution in [0.5, 0.6) is 0 Å². The molecule has 0 atom stereocenters. The summed E-state index contributed by atoms with van der Waals surface area (Å²) < 4.78 is 0. The van der Waals surface area contributed by atoms with E-state index < -0.39 is 0 Å². The smallest absolute Gasteiger partial charge is 0.294 e. The van der Waals surface area contributed by atoms with Gasteiger partial charge in [0.1, 0.15) is 12.4 Å². The number of carbonyl (C=O) groups excluding carboxylic acids is 2. The summed E-state index contributed by atoms with van der Waals surface area (Å²) in [6, 6.07) is 0. The SMILES string of the molecule is CCCc1nc(C(=O)N2CCN(C)C(=O)C2)n[nH]1. The summed E-state index contributed by atoms with van der Waals surface area (Å²) in [7, 11) is 1.73. The van der Waals surface area contributed by atoms with Crippen LogP contribution in [-0.2, 0) is 11.2 Å². The molecule has 0 spiro atoms. The Morgan fingerprint density at radius 3 is 2.89 bits per heavy atom. The first-order chi connectivity index (χ1) is 8.61. The lowest BCUT2D eigenvalue weighted by Crippen LogP contribution is -2.50. The van der Waals surface area contributed by atoms with Crippen molar-refractivity contribution in [2.24, 2.45) is 0 Å². The highest BCUT2D eigenvalue weighted by atomic mass is 16.2. The number of aromatic amines is 1. The summed E-state index contributed by atoms with van der Waals surface area (Å²) >= 11 is 0. The quantitative estimate of drug-likeness (QED) is 0.797. The van der Waals surface area contributed by atoms with Gasteiger partial charge in [0.2, 0.25) is 11.7 Å². The molecular formula is C11H17N5O2. The Balaban J connectivity index is 2.04. The van der Waals surface area contributed by atoms with E-state index in [0.717, 1.165) is 12.8 Å². The lowest BCUT2D eigenvalue weighted by molar-refractivity contribution is -0.133. The van der Waals surface area contributed by atoms with Crippen LogP contribution < -0.4 is 0 Å². The van der Waals surface area contributed by atoms with Crippen molar-refractivity contribution >= 4 is 11.8 Å². The molecule has 2 heterocycles. The third-order valence-corrected chi connectivity index (χ3v) is 2.95. The minimum absolute atomic E-state index is 0.0566. The highest BCUT2D eigenvalue weighted by molar-refractivity contribution is 5.94. The number of hydrogen-bond donors (Lipinski definition) is 1. The van der Waals surface area contributed by atoms with Crippen LogP contribution in [0.3, 0.4) is 0 Å². The van der Waals surface area contributed by atoms with Crippen molar-refractivity contribution in [1.82, 2.24) is 25.0 Å². The first-order valence-corrected chi connectivity index (χ1v) is 6.06. The number of aryl methyl sites for hydroxylation is 1. The van der Waals surface area contributed by atoms with Crippen molar-refractivity contribution in [3.63, 3.8) is 0 Å². The van der Waals surface area contributed by atoms with Crippen molar-refractivity contribution in [3.05, 3.63) is 11.6 Å². The molecule has 1 saturated heterocycles. The fourth-order valence-corrected chi connectivity index (χ4v) is 1.81. The van der Waals surface area contributed by atoms with Gasteiger partial charge in [-0.15, -0.1) is 5.10 Å². The number of hydrogen-bond acceptors (Lipinski definition) is 4. The van der Waals surface area contributed by atoms with Crippen molar-refractivity contribution < 1.29 is 9.59 Å². The third-order valence-electron chi connectivity index (χ3n) is 2.95. The topological polar surface area (TPSA) is 82.2 Å². The zero-order valence-corrected chi connectivity index (χ0v) is 10.6. The second-order valence-corrected chi connectivity index (χ2v) is 4.40. The molecule has 0 radical (unpaired) electrons. The van der Waals surface area contributed by atoms with Crippen LogP contribution in [0.2, 0.25) is 0 Å². The maximum Gasteiger partial charge on any atom is 0.294 e. The number of piperazine rings is 1. The van der Waals surface area contributed by atoms with Gasteiger partial charge in [-0.1, -0.05) is 6.92 Å². The summed E-state index contributed by atoms with van der Waals surface area (Å²) in [4.78, 5) is 30.9. The van der Waals surface area contributed by atoms with Crippen LogP contribution in [0.4, 0.5) is 0 Å². The van der Waals surface area contributed by atoms with Crippen LogP contribution in [0.25, 0.3) is 0 Å². The summed E-state index contributed by atoms with van der Waals surface area (Å²) in [5, 5.41) is 6.64. The fourth-order valence-electron chi connectivity index (χ4n) is 1.81. The van der Waals surface area contributed by atoms with E-state index >= 15 is 0 Å². The van der Waals surface area contributed by atoms with Crippen LogP contribution in [0.1, 0.15) is 29.8 Å². The maximum atomic E-state index is 12.1. The summed E-state index contributed by atoms with van der Waals surface area (Å²) in [5.74, 6) is 0.520. The molecule has 1 aliphatic rings. The zero-order valence-electron chi connectivity index (χ0n) is 10.6. The Morgan fingerprint density at radius 1 is 1.44 bits per heavy atom. The molecule has 98 valence electrons. The van der Waals surface area contributed by atoms with Gasteiger partial charge in [-0.25, -0.2) is 4.98 Å². The van der Waals surface area contributed by atoms with Gasteiger partial charge in [0.15, 0.2) is 0 Å². The van der Waals surface area contributed by atoms with Crippen molar-refractivity contribution in [2.45, 2.75) is 19.8 Å². The predicted molar refractivity (Wildman–Crippen MR) is 63.9 cm³/mol. The van der Waals surface area contributed by atoms with Gasteiger partial charge in [-0.2, -0.15) is 0 Å². The summed E-state index contributed by atoms with van der Waals surface area (Å²) in [5.41, 5.74) is 0. The van der Waals surface area contributed by atoms with Crippen molar-refractivity contribution in [3.8, 4) is 0 Å². The van der Waals surface area contributed by atoms with Crippen LogP contribution >= 0.6 is 0 Å². The number of nitrogens with zero attached hydrogens (tertiary/aromatic N) is 4. The van der Waals surface area contributed by atoms with Gasteiger partial charge in [0, 0.05) is 26.6 Å². The molecule has 0 unspecified atom stereocenters. The molecular weight excluding hydrogens is 234 g/mol. The van der Waals surface area contributed by atoms with Crippen LogP contribution in [-0.4, -0.2) is 63.5 Å². The molecule has 0 aromatic carbocycles. The fraction of sp³-hybridized carbons (Fsp3) is 0.636. The Bertz CT molecular complexity index is 456. The molecule has 1 aromatic heterocycles. The highest BCUT2D eigenvalue weighted by Crippen LogP contribution is 2.06. The molecule has 2 amide bonds. The van der Waals surface area contributed by atoms with Gasteiger partial charge < -0.3 is 9.80 Å². The van der Waals surface area contributed by atoms with E-state index in [4.69, 9.17) is 0 Å². The van der Waals surface area contributed by atoms with E-state index in [1.54, 1.807) is 11.9 Å². The summed E-state index contributed by atoms with van der Waals surface area (Å²) in [6.45, 7) is 3.21. The molecule has 1 N–H and O–H groups in total. The minimum Gasteiger partial charge on any atom is -0.342 e. The molecule has 7 nitrogen and oxygen atoms in total. The Kier molecular flexibility index (Phi) is 3.59. The second-order valence-electron chi connectivity index (χ2n) is 4.40. The molecule has 2 rings (SSSR count). The highest BCUT2D eigenvalue weighted by Gasteiger charge is 2.27. The van der Waals surface area contributed by atoms with E-state index in [1.807, 2.05) is 6.92 Å². The average molecular weight is 251 g/mol. The summed E-state index contributed by atoms with van der Waals surface area (Å²) in [6.07, 6.45) is 1.71. The van der Waals surface area contributed by atoms with E-state index in [0.29, 0.717) is 18.9 Å². The van der Waals surface area contributed by atoms with Gasteiger partial charge >= 0.3 is 0 Å². The molecule has 18 heavy (non-hydrogen) atoms. The van der Waals surface area contributed by atoms with Gasteiger partial charge in [-0.05, 0) is 6.42 Å². The predicted octanol–water partition coefficient (Wildman–Crippen LogP) is -0.329. The number of H-pyrrole nitrogens is 1. The Morgan fingerprint density at radius 2 is 2.22 bits per heavy atom. The van der Waals surface area contributed by atoms with Gasteiger partial charge in [0.05, 0.1) is 0 Å². The standard InChI is InChI=1S/C11H17N5O2/c1-3-4-8-12-10(14-13-8)11(18)16-6-5-15(2)9(17)7-16/h3-7H2,1-2H3,(H,12,13,14). The van der Waals surface area contributed by atoms with Crippen molar-refractivity contribution in [2.75, 3.05) is 26.7 Å². The third kappa shape index (κ3) is 2.49. The molecule has 1 aromatic rings. The lowest BCUT2D eigenvalue weighted by Gasteiger charge is -2.31. The number of aromatic nitrogens is 3. The molecule has 0 aliphatic carbocycles. The number of rotatable bonds is 3. The average Bonchev–Trinajstić information content (AvgIpc) is 2.81. The molecule has 0 bridgehead atoms. The maximum absolute atomic E-state index is 12.1. The first kappa shape index (κ1) is 12.5. The van der Waals surface area contributed by atoms with Crippen LogP contribution in [0.15, 0.2) is 0 Å². The molecule has 0 saturated carbocycles. The minimum atomic E-state index is -0.282. The molecule has 1 fully saturated rings. The second kappa shape index (κ2) is 5.16. The van der Waals surface area contributed by atoms with E-state index in [2.05, 4.69) is 15.2 Å². The zero-order chi connectivity index (χ0) is 13.1. The largest absolute Gasteiger partial charge is 0.342 e. The van der Waals surface area contributed by atoms with E-state index in [9.17, 15) is 9.59 Å². The number of amides is 2. The normalized spacial score (nSPS) is 16.2. The molecule has 7 heteroatoms. The van der Waals surface area contributed by atoms with E-state index in [-0.39, 0.29) is 24.2 Å². The van der Waals surface area contributed by atoms with Gasteiger partial charge in [-0.3, -0.25) is 14.7 Å². The van der Waals surface area contributed by atoms with Gasteiger partial charge in [0.25, 0.3) is 5.91 Å². The Hall–Kier alpha value is -1.92. The van der Waals surface area contributed by atoms with E-state index in [1.165, 1.54) is 4.90 Å². The number of nitrogens with one attached hydrogen (secondary N) is 1. The first-order valence-electron chi connectivity index (χ1n) is 6.06. The van der Waals surface area contributed by atoms with Crippen LogP contribution in [0, 0.1) is 0 Å². The lowest BCUT2D eigenvalue weighted by atomic mass is 10.3. The van der Waals surface area contributed by atoms with Crippen molar-refractivity contribution in [1.29, 1.82) is 0 Å². The number of likely N-dealkylation sites (N-methyl/N-ethyl adjacent to an activating group) is 1. The molecule has 1 aliphatic heterocycles. The monoisotopic (exact) mass is 251 g/mol.